The number of carbonyl (C=O) groups excluding carboxylic acids is 2. The molecule has 3 aromatic rings. The van der Waals surface area contributed by atoms with Crippen LogP contribution in [0.1, 0.15) is 25.5 Å². The van der Waals surface area contributed by atoms with Crippen molar-refractivity contribution in [3.05, 3.63) is 46.5 Å². The molecule has 0 radical (unpaired) electrons. The van der Waals surface area contributed by atoms with Gasteiger partial charge < -0.3 is 31.4 Å². The maximum Gasteiger partial charge on any atom is 0.333 e. The molecule has 2 heterocycles. The Bertz CT molecular complexity index is 1200. The first-order chi connectivity index (χ1) is 16.2. The third-order valence-corrected chi connectivity index (χ3v) is 4.97. The van der Waals surface area contributed by atoms with E-state index in [0.717, 1.165) is 0 Å². The maximum absolute atomic E-state index is 12.7. The minimum absolute atomic E-state index is 0.00862. The maximum atomic E-state index is 12.7. The van der Waals surface area contributed by atoms with Crippen molar-refractivity contribution in [2.45, 2.75) is 32.7 Å². The second kappa shape index (κ2) is 10.8. The van der Waals surface area contributed by atoms with Gasteiger partial charge in [0.05, 0.1) is 19.0 Å². The molecule has 0 unspecified atom stereocenters. The molecular weight excluding hydrogens is 446 g/mol. The summed E-state index contributed by atoms with van der Waals surface area (Å²) >= 11 is 0. The Hall–Kier alpha value is -3.97. The van der Waals surface area contributed by atoms with Gasteiger partial charge in [0.2, 0.25) is 11.9 Å². The van der Waals surface area contributed by atoms with Crippen molar-refractivity contribution in [3.8, 4) is 5.75 Å². The predicted molar refractivity (Wildman–Crippen MR) is 121 cm³/mol. The van der Waals surface area contributed by atoms with Gasteiger partial charge in [-0.25, -0.2) is 9.78 Å². The van der Waals surface area contributed by atoms with Gasteiger partial charge in [-0.2, -0.15) is 4.98 Å². The van der Waals surface area contributed by atoms with Crippen molar-refractivity contribution in [2.75, 3.05) is 18.9 Å². The van der Waals surface area contributed by atoms with Crippen LogP contribution in [0.3, 0.4) is 0 Å². The zero-order chi connectivity index (χ0) is 24.8. The number of nitrogens with two attached hydrogens (primary N) is 2. The molecule has 0 aliphatic carbocycles. The number of esters is 1. The Morgan fingerprint density at radius 1 is 1.24 bits per heavy atom. The van der Waals surface area contributed by atoms with E-state index < -0.39 is 29.5 Å². The van der Waals surface area contributed by atoms with Crippen LogP contribution in [0, 0.1) is 5.92 Å². The number of rotatable bonds is 10. The summed E-state index contributed by atoms with van der Waals surface area (Å²) in [6, 6.07) is 3.88. The fourth-order valence-corrected chi connectivity index (χ4v) is 3.00. The van der Waals surface area contributed by atoms with Crippen LogP contribution in [0.4, 0.5) is 5.95 Å². The van der Waals surface area contributed by atoms with Crippen LogP contribution >= 0.6 is 0 Å². The van der Waals surface area contributed by atoms with E-state index in [-0.39, 0.29) is 48.7 Å². The normalized spacial score (nSPS) is 13.1. The van der Waals surface area contributed by atoms with Gasteiger partial charge in [0, 0.05) is 0 Å². The highest BCUT2D eigenvalue weighted by molar-refractivity contribution is 5.88. The lowest BCUT2D eigenvalue weighted by molar-refractivity contribution is -0.150. The fourth-order valence-electron chi connectivity index (χ4n) is 3.00. The number of amides is 1. The number of aromatic amines is 1. The Balaban J connectivity index is 1.58. The first kappa shape index (κ1) is 24.7. The van der Waals surface area contributed by atoms with Crippen LogP contribution in [0.2, 0.25) is 0 Å². The number of ether oxygens (including phenoxy) is 2. The Labute approximate surface area is 194 Å². The van der Waals surface area contributed by atoms with Gasteiger partial charge in [-0.1, -0.05) is 26.0 Å². The first-order valence-electron chi connectivity index (χ1n) is 10.5. The van der Waals surface area contributed by atoms with E-state index in [1.54, 1.807) is 13.8 Å². The highest BCUT2D eigenvalue weighted by Gasteiger charge is 2.27. The molecule has 1 amide bonds. The number of benzene rings is 1. The summed E-state index contributed by atoms with van der Waals surface area (Å²) in [6.07, 6.45) is 1.38. The van der Waals surface area contributed by atoms with Gasteiger partial charge in [0.1, 0.15) is 19.1 Å². The molecule has 0 saturated carbocycles. The molecule has 0 saturated heterocycles. The quantitative estimate of drug-likeness (QED) is 0.193. The first-order valence-corrected chi connectivity index (χ1v) is 10.5. The molecule has 13 heteroatoms. The third-order valence-electron chi connectivity index (χ3n) is 4.97. The van der Waals surface area contributed by atoms with Gasteiger partial charge in [-0.15, -0.1) is 0 Å². The van der Waals surface area contributed by atoms with E-state index in [0.29, 0.717) is 5.56 Å². The number of H-pyrrole nitrogens is 1. The van der Waals surface area contributed by atoms with Crippen molar-refractivity contribution in [1.29, 1.82) is 0 Å². The van der Waals surface area contributed by atoms with Gasteiger partial charge in [0.25, 0.3) is 5.56 Å². The fraction of sp³-hybridized carbons (Fsp3) is 0.381. The molecule has 0 bridgehead atoms. The van der Waals surface area contributed by atoms with Gasteiger partial charge in [-0.05, 0) is 23.6 Å². The second-order valence-electron chi connectivity index (χ2n) is 7.85. The van der Waals surface area contributed by atoms with E-state index >= 15 is 0 Å². The summed E-state index contributed by atoms with van der Waals surface area (Å²) in [7, 11) is 0. The summed E-state index contributed by atoms with van der Waals surface area (Å²) in [4.78, 5) is 47.3. The Kier molecular flexibility index (Phi) is 7.81. The van der Waals surface area contributed by atoms with Crippen molar-refractivity contribution in [3.63, 3.8) is 0 Å². The van der Waals surface area contributed by atoms with Gasteiger partial charge >= 0.3 is 5.97 Å². The molecular formula is C21H27N7O6. The van der Waals surface area contributed by atoms with Crippen LogP contribution in [0.25, 0.3) is 11.2 Å². The van der Waals surface area contributed by atoms with Crippen molar-refractivity contribution < 1.29 is 24.2 Å². The molecule has 1 aromatic carbocycles. The summed E-state index contributed by atoms with van der Waals surface area (Å²) in [5.74, 6) is -1.39. The van der Waals surface area contributed by atoms with E-state index in [9.17, 15) is 19.5 Å². The minimum Gasteiger partial charge on any atom is -0.508 e. The highest BCUT2D eigenvalue weighted by Crippen LogP contribution is 2.19. The summed E-state index contributed by atoms with van der Waals surface area (Å²) in [5, 5.41) is 12.1. The number of fused-ring (bicyclic) bond motifs is 1. The summed E-state index contributed by atoms with van der Waals surface area (Å²) in [6.45, 7) is 3.48. The second-order valence-corrected chi connectivity index (χ2v) is 7.85. The molecule has 182 valence electrons. The lowest BCUT2D eigenvalue weighted by Crippen LogP contribution is -2.47. The summed E-state index contributed by atoms with van der Waals surface area (Å²) in [5.41, 5.74) is 11.8. The van der Waals surface area contributed by atoms with E-state index in [1.165, 1.54) is 35.2 Å². The Morgan fingerprint density at radius 3 is 2.62 bits per heavy atom. The van der Waals surface area contributed by atoms with Crippen molar-refractivity contribution in [2.24, 2.45) is 11.7 Å². The van der Waals surface area contributed by atoms with Crippen molar-refractivity contribution >= 4 is 29.0 Å². The number of carbonyl (C=O) groups is 2. The topological polar surface area (TPSA) is 200 Å². The average molecular weight is 473 g/mol. The molecule has 2 aromatic heterocycles. The summed E-state index contributed by atoms with van der Waals surface area (Å²) < 4.78 is 12.2. The molecule has 7 N–H and O–H groups in total. The number of nitrogens with zero attached hydrogens (tertiary/aromatic N) is 3. The van der Waals surface area contributed by atoms with E-state index in [1.807, 2.05) is 0 Å². The highest BCUT2D eigenvalue weighted by atomic mass is 16.6. The number of nitrogens with one attached hydrogen (secondary N) is 2. The molecule has 3 rings (SSSR count). The number of phenolic OH excluding ortho intramolecular Hbond substituents is 1. The smallest absolute Gasteiger partial charge is 0.333 e. The molecule has 2 atom stereocenters. The number of nitrogen functional groups attached to an aromatic ring is 1. The van der Waals surface area contributed by atoms with Gasteiger partial charge in [0.15, 0.2) is 17.2 Å². The molecule has 34 heavy (non-hydrogen) atoms. The predicted octanol–water partition coefficient (Wildman–Crippen LogP) is -0.234. The number of hydrogen-bond acceptors (Lipinski definition) is 10. The number of aromatic hydroxyl groups is 1. The Morgan fingerprint density at radius 2 is 1.94 bits per heavy atom. The van der Waals surface area contributed by atoms with E-state index in [2.05, 4.69) is 20.3 Å². The number of phenols is 1. The molecule has 0 spiro atoms. The van der Waals surface area contributed by atoms with Crippen LogP contribution in [0.15, 0.2) is 35.4 Å². The zero-order valence-electron chi connectivity index (χ0n) is 18.7. The van der Waals surface area contributed by atoms with Crippen LogP contribution < -0.4 is 22.3 Å². The SMILES string of the molecule is CC(C)[C@H](N)C(=O)N[C@H](C(=O)OCCOCn1cnc2c(=O)[nH]c(N)nc21)c1ccc(O)cc1. The zero-order valence-corrected chi connectivity index (χ0v) is 18.7. The number of imidazole rings is 1. The largest absolute Gasteiger partial charge is 0.508 e. The minimum atomic E-state index is -1.12. The van der Waals surface area contributed by atoms with Crippen LogP contribution in [-0.4, -0.2) is 55.8 Å². The van der Waals surface area contributed by atoms with Crippen molar-refractivity contribution in [1.82, 2.24) is 24.8 Å². The van der Waals surface area contributed by atoms with Crippen LogP contribution in [-0.2, 0) is 25.8 Å². The standard InChI is InChI=1S/C21H27N7O6/c1-11(2)14(22)18(30)25-15(12-3-5-13(29)6-4-12)20(32)34-8-7-33-10-28-9-24-16-17(28)26-21(23)27-19(16)31/h3-6,9,11,14-15,29H,7-8,10,22H2,1-2H3,(H,25,30)(H3,23,26,27,31)/t14-,15-/m0/s1. The molecule has 0 fully saturated rings. The van der Waals surface area contributed by atoms with E-state index in [4.69, 9.17) is 20.9 Å². The number of aromatic nitrogens is 4. The average Bonchev–Trinajstić information content (AvgIpc) is 3.20. The molecule has 13 nitrogen and oxygen atoms in total. The van der Waals surface area contributed by atoms with Crippen LogP contribution in [0.5, 0.6) is 5.75 Å². The molecule has 0 aliphatic heterocycles. The third kappa shape index (κ3) is 5.88. The molecule has 0 aliphatic rings. The number of hydrogen-bond donors (Lipinski definition) is 5. The lowest BCUT2D eigenvalue weighted by Gasteiger charge is -2.22. The monoisotopic (exact) mass is 473 g/mol. The number of anilines is 1. The lowest BCUT2D eigenvalue weighted by atomic mass is 10.0. The van der Waals surface area contributed by atoms with Gasteiger partial charge in [-0.3, -0.25) is 19.1 Å².